The molecule has 5 nitrogen and oxygen atoms in total. The van der Waals surface area contributed by atoms with Crippen LogP contribution in [-0.2, 0) is 11.2 Å². The molecule has 1 fully saturated rings. The molecule has 2 amide bonds. The molecule has 1 saturated heterocycles. The van der Waals surface area contributed by atoms with E-state index in [0.29, 0.717) is 13.2 Å². The van der Waals surface area contributed by atoms with Crippen molar-refractivity contribution in [2.45, 2.75) is 39.2 Å². The van der Waals surface area contributed by atoms with Gasteiger partial charge in [-0.25, -0.2) is 4.79 Å². The van der Waals surface area contributed by atoms with Crippen molar-refractivity contribution in [2.24, 2.45) is 0 Å². The number of nitrogens with zero attached hydrogens (tertiary/aromatic N) is 2. The Morgan fingerprint density at radius 3 is 3.00 bits per heavy atom. The van der Waals surface area contributed by atoms with Gasteiger partial charge in [0.15, 0.2) is 0 Å². The van der Waals surface area contributed by atoms with Crippen LogP contribution in [0.1, 0.15) is 32.3 Å². The van der Waals surface area contributed by atoms with Crippen molar-refractivity contribution in [3.63, 3.8) is 0 Å². The second kappa shape index (κ2) is 7.21. The van der Waals surface area contributed by atoms with E-state index in [1.807, 2.05) is 17.9 Å². The molecule has 2 heterocycles. The molecule has 0 aliphatic carbocycles. The molecule has 5 heteroatoms. The van der Waals surface area contributed by atoms with Crippen molar-refractivity contribution in [1.82, 2.24) is 4.90 Å². The van der Waals surface area contributed by atoms with Gasteiger partial charge in [0, 0.05) is 44.2 Å². The van der Waals surface area contributed by atoms with E-state index in [9.17, 15) is 4.79 Å². The number of likely N-dealkylation sites (N-methyl/N-ethyl adjacent to an activating group) is 1. The van der Waals surface area contributed by atoms with E-state index in [4.69, 9.17) is 4.74 Å². The van der Waals surface area contributed by atoms with E-state index in [0.717, 1.165) is 44.6 Å². The lowest BCUT2D eigenvalue weighted by Crippen LogP contribution is -2.45. The highest BCUT2D eigenvalue weighted by atomic mass is 16.5. The number of urea groups is 1. The van der Waals surface area contributed by atoms with Crippen LogP contribution >= 0.6 is 0 Å². The minimum Gasteiger partial charge on any atom is -0.377 e. The van der Waals surface area contributed by atoms with Gasteiger partial charge in [0.05, 0.1) is 6.10 Å². The van der Waals surface area contributed by atoms with Gasteiger partial charge in [0.2, 0.25) is 0 Å². The Labute approximate surface area is 138 Å². The van der Waals surface area contributed by atoms with E-state index in [1.165, 1.54) is 11.3 Å². The largest absolute Gasteiger partial charge is 0.377 e. The summed E-state index contributed by atoms with van der Waals surface area (Å²) in [5.74, 6) is 0. The van der Waals surface area contributed by atoms with Crippen LogP contribution in [0.5, 0.6) is 0 Å². The molecule has 0 saturated carbocycles. The third kappa shape index (κ3) is 3.61. The van der Waals surface area contributed by atoms with Gasteiger partial charge in [-0.1, -0.05) is 6.07 Å². The van der Waals surface area contributed by atoms with Gasteiger partial charge in [-0.3, -0.25) is 0 Å². The van der Waals surface area contributed by atoms with Crippen LogP contribution in [0.15, 0.2) is 18.2 Å². The standard InChI is InChI=1S/C18H27N3O2/c1-3-20-11-9-14-7-8-15(12-17(14)20)19-18(22)21-10-5-6-16(13-21)23-4-2/h7-8,12,16H,3-6,9-11,13H2,1-2H3,(H,19,22). The number of hydrogen-bond donors (Lipinski definition) is 1. The molecule has 0 bridgehead atoms. The maximum Gasteiger partial charge on any atom is 0.321 e. The van der Waals surface area contributed by atoms with Crippen LogP contribution in [-0.4, -0.2) is 49.8 Å². The van der Waals surface area contributed by atoms with Gasteiger partial charge in [0.1, 0.15) is 0 Å². The average molecular weight is 317 g/mol. The molecule has 126 valence electrons. The first-order chi connectivity index (χ1) is 11.2. The van der Waals surface area contributed by atoms with Gasteiger partial charge in [0.25, 0.3) is 0 Å². The number of carbonyl (C=O) groups excluding carboxylic acids is 1. The zero-order valence-corrected chi connectivity index (χ0v) is 14.2. The summed E-state index contributed by atoms with van der Waals surface area (Å²) in [5.41, 5.74) is 3.52. The highest BCUT2D eigenvalue weighted by Gasteiger charge is 2.24. The molecule has 1 N–H and O–H groups in total. The zero-order valence-electron chi connectivity index (χ0n) is 14.2. The van der Waals surface area contributed by atoms with Crippen LogP contribution in [0.3, 0.4) is 0 Å². The lowest BCUT2D eigenvalue weighted by molar-refractivity contribution is 0.0181. The Bertz CT molecular complexity index is 559. The summed E-state index contributed by atoms with van der Waals surface area (Å²) >= 11 is 0. The Morgan fingerprint density at radius 1 is 1.35 bits per heavy atom. The van der Waals surface area contributed by atoms with Gasteiger partial charge in [-0.2, -0.15) is 0 Å². The molecule has 0 spiro atoms. The summed E-state index contributed by atoms with van der Waals surface area (Å²) in [4.78, 5) is 16.7. The number of amides is 2. The number of nitrogens with one attached hydrogen (secondary N) is 1. The van der Waals surface area contributed by atoms with E-state index >= 15 is 0 Å². The van der Waals surface area contributed by atoms with Crippen molar-refractivity contribution in [3.05, 3.63) is 23.8 Å². The predicted molar refractivity (Wildman–Crippen MR) is 93.3 cm³/mol. The lowest BCUT2D eigenvalue weighted by Gasteiger charge is -2.32. The number of ether oxygens (including phenoxy) is 1. The van der Waals surface area contributed by atoms with Gasteiger partial charge < -0.3 is 19.9 Å². The first-order valence-electron chi connectivity index (χ1n) is 8.76. The number of carbonyl (C=O) groups is 1. The van der Waals surface area contributed by atoms with Crippen LogP contribution in [0.25, 0.3) is 0 Å². The monoisotopic (exact) mass is 317 g/mol. The Kier molecular flexibility index (Phi) is 5.06. The Morgan fingerprint density at radius 2 is 2.22 bits per heavy atom. The average Bonchev–Trinajstić information content (AvgIpc) is 2.98. The fourth-order valence-electron chi connectivity index (χ4n) is 3.55. The SMILES string of the molecule is CCOC1CCCN(C(=O)Nc2ccc3c(c2)N(CC)CC3)C1. The number of anilines is 2. The van der Waals surface area contributed by atoms with Crippen molar-refractivity contribution in [1.29, 1.82) is 0 Å². The first-order valence-corrected chi connectivity index (χ1v) is 8.76. The molecular weight excluding hydrogens is 290 g/mol. The highest BCUT2D eigenvalue weighted by Crippen LogP contribution is 2.30. The van der Waals surface area contributed by atoms with Crippen molar-refractivity contribution >= 4 is 17.4 Å². The number of benzene rings is 1. The molecule has 1 atom stereocenters. The minimum absolute atomic E-state index is 0.0181. The van der Waals surface area contributed by atoms with Crippen molar-refractivity contribution in [2.75, 3.05) is 43.0 Å². The van der Waals surface area contributed by atoms with Crippen LogP contribution in [0.4, 0.5) is 16.2 Å². The molecule has 2 aliphatic heterocycles. The van der Waals surface area contributed by atoms with Crippen molar-refractivity contribution < 1.29 is 9.53 Å². The van der Waals surface area contributed by atoms with E-state index in [-0.39, 0.29) is 12.1 Å². The topological polar surface area (TPSA) is 44.8 Å². The molecule has 2 aliphatic rings. The molecule has 1 aromatic rings. The van der Waals surface area contributed by atoms with Gasteiger partial charge >= 0.3 is 6.03 Å². The second-order valence-corrected chi connectivity index (χ2v) is 6.27. The predicted octanol–water partition coefficient (Wildman–Crippen LogP) is 3.10. The number of fused-ring (bicyclic) bond motifs is 1. The normalized spacial score (nSPS) is 20.5. The smallest absolute Gasteiger partial charge is 0.321 e. The number of piperidine rings is 1. The molecule has 0 aromatic heterocycles. The molecule has 0 radical (unpaired) electrons. The van der Waals surface area contributed by atoms with E-state index in [1.54, 1.807) is 0 Å². The number of hydrogen-bond acceptors (Lipinski definition) is 3. The fourth-order valence-corrected chi connectivity index (χ4v) is 3.55. The molecule has 1 aromatic carbocycles. The quantitative estimate of drug-likeness (QED) is 0.928. The van der Waals surface area contributed by atoms with Crippen molar-refractivity contribution in [3.8, 4) is 0 Å². The molecule has 3 rings (SSSR count). The summed E-state index contributed by atoms with van der Waals surface area (Å²) in [6.07, 6.45) is 3.32. The molecule has 23 heavy (non-hydrogen) atoms. The summed E-state index contributed by atoms with van der Waals surface area (Å²) in [7, 11) is 0. The zero-order chi connectivity index (χ0) is 16.2. The van der Waals surface area contributed by atoms with Gasteiger partial charge in [-0.15, -0.1) is 0 Å². The van der Waals surface area contributed by atoms with Crippen LogP contribution in [0.2, 0.25) is 0 Å². The summed E-state index contributed by atoms with van der Waals surface area (Å²) in [6, 6.07) is 6.24. The third-order valence-electron chi connectivity index (χ3n) is 4.78. The highest BCUT2D eigenvalue weighted by molar-refractivity contribution is 5.90. The van der Waals surface area contributed by atoms with Gasteiger partial charge in [-0.05, 0) is 50.8 Å². The Balaban J connectivity index is 1.64. The maximum absolute atomic E-state index is 12.5. The second-order valence-electron chi connectivity index (χ2n) is 6.27. The summed E-state index contributed by atoms with van der Waals surface area (Å²) in [5, 5.41) is 3.05. The summed E-state index contributed by atoms with van der Waals surface area (Å²) < 4.78 is 5.67. The fraction of sp³-hybridized carbons (Fsp3) is 0.611. The number of rotatable bonds is 4. The number of likely N-dealkylation sites (tertiary alicyclic amines) is 1. The van der Waals surface area contributed by atoms with Crippen LogP contribution in [0, 0.1) is 0 Å². The third-order valence-corrected chi connectivity index (χ3v) is 4.78. The summed E-state index contributed by atoms with van der Waals surface area (Å²) in [6.45, 7) is 8.45. The Hall–Kier alpha value is -1.75. The minimum atomic E-state index is -0.0181. The first kappa shape index (κ1) is 16.1. The van der Waals surface area contributed by atoms with E-state index in [2.05, 4.69) is 29.3 Å². The lowest BCUT2D eigenvalue weighted by atomic mass is 10.1. The van der Waals surface area contributed by atoms with E-state index < -0.39 is 0 Å². The maximum atomic E-state index is 12.5. The van der Waals surface area contributed by atoms with Crippen LogP contribution < -0.4 is 10.2 Å². The molecular formula is C18H27N3O2. The molecule has 1 unspecified atom stereocenters.